The van der Waals surface area contributed by atoms with Crippen LogP contribution < -0.4 is 5.32 Å². The van der Waals surface area contributed by atoms with Crippen molar-refractivity contribution in [2.75, 3.05) is 13.1 Å². The topological polar surface area (TPSA) is 49.3 Å². The van der Waals surface area contributed by atoms with Crippen molar-refractivity contribution in [2.24, 2.45) is 5.92 Å². The van der Waals surface area contributed by atoms with Gasteiger partial charge >= 0.3 is 12.1 Å². The number of carboxylic acid groups (broad SMARTS) is 1. The summed E-state index contributed by atoms with van der Waals surface area (Å²) in [6.07, 6.45) is -4.24. The number of hydrogen-bond donors (Lipinski definition) is 2. The molecule has 0 aliphatic carbocycles. The molecule has 2 N–H and O–H groups in total. The second kappa shape index (κ2) is 6.77. The fourth-order valence-electron chi connectivity index (χ4n) is 1.47. The number of alkyl halides is 3. The molecule has 19 heavy (non-hydrogen) atoms. The van der Waals surface area contributed by atoms with E-state index in [4.69, 9.17) is 16.7 Å². The number of nitrogens with one attached hydrogen (secondary N) is 1. The second-order valence-corrected chi connectivity index (χ2v) is 4.45. The highest BCUT2D eigenvalue weighted by molar-refractivity contribution is 6.30. The van der Waals surface area contributed by atoms with Crippen molar-refractivity contribution in [1.82, 2.24) is 5.32 Å². The van der Waals surface area contributed by atoms with Gasteiger partial charge < -0.3 is 10.4 Å². The quantitative estimate of drug-likeness (QED) is 0.793. The smallest absolute Gasteiger partial charge is 0.403 e. The molecular weight excluding hydrogens is 283 g/mol. The van der Waals surface area contributed by atoms with Crippen LogP contribution in [-0.2, 0) is 11.2 Å². The average Bonchev–Trinajstić information content (AvgIpc) is 2.29. The minimum Gasteiger partial charge on any atom is -0.481 e. The lowest BCUT2D eigenvalue weighted by Gasteiger charge is -2.16. The van der Waals surface area contributed by atoms with E-state index in [1.54, 1.807) is 24.3 Å². The fraction of sp³-hybridized carbons (Fsp3) is 0.417. The molecule has 0 aliphatic heterocycles. The summed E-state index contributed by atoms with van der Waals surface area (Å²) < 4.78 is 37.0. The van der Waals surface area contributed by atoms with Crippen LogP contribution in [-0.4, -0.2) is 30.3 Å². The lowest BCUT2D eigenvalue weighted by atomic mass is 10.1. The van der Waals surface area contributed by atoms with Crippen molar-refractivity contribution >= 4 is 17.6 Å². The van der Waals surface area contributed by atoms with Gasteiger partial charge in [0.25, 0.3) is 0 Å². The Labute approximate surface area is 113 Å². The van der Waals surface area contributed by atoms with Crippen molar-refractivity contribution < 1.29 is 23.1 Å². The molecule has 0 aliphatic rings. The highest BCUT2D eigenvalue weighted by Gasteiger charge is 2.44. The molecule has 0 aromatic heterocycles. The third-order valence-electron chi connectivity index (χ3n) is 2.55. The van der Waals surface area contributed by atoms with Gasteiger partial charge in [0.2, 0.25) is 0 Å². The highest BCUT2D eigenvalue weighted by Crippen LogP contribution is 2.25. The van der Waals surface area contributed by atoms with Crippen LogP contribution in [0.15, 0.2) is 24.3 Å². The molecule has 0 heterocycles. The first-order chi connectivity index (χ1) is 8.80. The van der Waals surface area contributed by atoms with Crippen LogP contribution in [0.25, 0.3) is 0 Å². The van der Waals surface area contributed by atoms with Crippen LogP contribution in [0.4, 0.5) is 13.2 Å². The van der Waals surface area contributed by atoms with Crippen molar-refractivity contribution in [3.05, 3.63) is 34.9 Å². The van der Waals surface area contributed by atoms with Crippen molar-refractivity contribution in [2.45, 2.75) is 12.6 Å². The zero-order valence-corrected chi connectivity index (χ0v) is 10.6. The first kappa shape index (κ1) is 15.8. The zero-order chi connectivity index (χ0) is 14.5. The molecule has 0 bridgehead atoms. The predicted molar refractivity (Wildman–Crippen MR) is 65.2 cm³/mol. The summed E-state index contributed by atoms with van der Waals surface area (Å²) in [5.41, 5.74) is 0.913. The molecule has 1 unspecified atom stereocenters. The Hall–Kier alpha value is -1.27. The van der Waals surface area contributed by atoms with Gasteiger partial charge in [0.15, 0.2) is 5.92 Å². The monoisotopic (exact) mass is 295 g/mol. The molecule has 0 radical (unpaired) electrons. The fourth-order valence-corrected chi connectivity index (χ4v) is 1.60. The summed E-state index contributed by atoms with van der Waals surface area (Å²) in [5, 5.41) is 11.6. The third-order valence-corrected chi connectivity index (χ3v) is 2.80. The molecule has 3 nitrogen and oxygen atoms in total. The van der Waals surface area contributed by atoms with Crippen molar-refractivity contribution in [1.29, 1.82) is 0 Å². The number of halogens is 4. The van der Waals surface area contributed by atoms with Gasteiger partial charge in [-0.1, -0.05) is 23.7 Å². The third kappa shape index (κ3) is 5.48. The number of aliphatic carboxylic acids is 1. The molecule has 0 fully saturated rings. The van der Waals surface area contributed by atoms with Crippen LogP contribution in [0.2, 0.25) is 5.02 Å². The van der Waals surface area contributed by atoms with E-state index in [0.717, 1.165) is 5.56 Å². The standard InChI is InChI=1S/C12H13ClF3NO2/c13-9-3-1-8(2-4-9)5-6-17-7-10(11(18)19)12(14,15)16/h1-4,10,17H,5-7H2,(H,18,19). The lowest BCUT2D eigenvalue weighted by Crippen LogP contribution is -2.39. The molecule has 0 spiro atoms. The molecule has 1 rings (SSSR count). The normalized spacial score (nSPS) is 13.3. The van der Waals surface area contributed by atoms with Gasteiger partial charge in [-0.3, -0.25) is 4.79 Å². The molecular formula is C12H13ClF3NO2. The van der Waals surface area contributed by atoms with E-state index in [0.29, 0.717) is 11.4 Å². The number of carboxylic acids is 1. The van der Waals surface area contributed by atoms with E-state index in [1.807, 2.05) is 0 Å². The SMILES string of the molecule is O=C(O)C(CNCCc1ccc(Cl)cc1)C(F)(F)F. The Bertz CT molecular complexity index is 420. The molecule has 0 amide bonds. The second-order valence-electron chi connectivity index (χ2n) is 4.01. The minimum absolute atomic E-state index is 0.265. The summed E-state index contributed by atoms with van der Waals surface area (Å²) in [4.78, 5) is 10.5. The van der Waals surface area contributed by atoms with E-state index >= 15 is 0 Å². The molecule has 106 valence electrons. The van der Waals surface area contributed by atoms with Gasteiger partial charge in [0.05, 0.1) is 0 Å². The molecule has 7 heteroatoms. The van der Waals surface area contributed by atoms with Gasteiger partial charge in [-0.2, -0.15) is 13.2 Å². The Morgan fingerprint density at radius 1 is 1.32 bits per heavy atom. The van der Waals surface area contributed by atoms with Gasteiger partial charge in [0, 0.05) is 11.6 Å². The molecule has 1 atom stereocenters. The summed E-state index contributed by atoms with van der Waals surface area (Å²) in [7, 11) is 0. The number of carbonyl (C=O) groups is 1. The van der Waals surface area contributed by atoms with E-state index in [-0.39, 0.29) is 6.54 Å². The van der Waals surface area contributed by atoms with Crippen molar-refractivity contribution in [3.63, 3.8) is 0 Å². The molecule has 0 saturated heterocycles. The summed E-state index contributed by atoms with van der Waals surface area (Å²) in [6.45, 7) is -0.367. The Morgan fingerprint density at radius 3 is 2.37 bits per heavy atom. The lowest BCUT2D eigenvalue weighted by molar-refractivity contribution is -0.192. The summed E-state index contributed by atoms with van der Waals surface area (Å²) in [6, 6.07) is 6.91. The summed E-state index contributed by atoms with van der Waals surface area (Å²) in [5.74, 6) is -4.25. The van der Waals surface area contributed by atoms with Crippen LogP contribution in [0.1, 0.15) is 5.56 Å². The number of benzene rings is 1. The first-order valence-corrected chi connectivity index (χ1v) is 5.93. The van der Waals surface area contributed by atoms with E-state index < -0.39 is 24.6 Å². The largest absolute Gasteiger partial charge is 0.481 e. The van der Waals surface area contributed by atoms with Crippen LogP contribution in [0, 0.1) is 5.92 Å². The van der Waals surface area contributed by atoms with Gasteiger partial charge in [-0.25, -0.2) is 0 Å². The Kier molecular flexibility index (Phi) is 5.62. The van der Waals surface area contributed by atoms with Crippen LogP contribution >= 0.6 is 11.6 Å². The van der Waals surface area contributed by atoms with E-state index in [9.17, 15) is 18.0 Å². The maximum absolute atomic E-state index is 12.3. The van der Waals surface area contributed by atoms with Gasteiger partial charge in [0.1, 0.15) is 0 Å². The minimum atomic E-state index is -4.74. The zero-order valence-electron chi connectivity index (χ0n) is 9.88. The Balaban J connectivity index is 2.37. The number of rotatable bonds is 6. The van der Waals surface area contributed by atoms with Crippen LogP contribution in [0.5, 0.6) is 0 Å². The molecule has 1 aromatic carbocycles. The highest BCUT2D eigenvalue weighted by atomic mass is 35.5. The summed E-state index contributed by atoms with van der Waals surface area (Å²) >= 11 is 5.69. The van der Waals surface area contributed by atoms with Gasteiger partial charge in [-0.15, -0.1) is 0 Å². The van der Waals surface area contributed by atoms with Crippen LogP contribution in [0.3, 0.4) is 0 Å². The van der Waals surface area contributed by atoms with Gasteiger partial charge in [-0.05, 0) is 30.7 Å². The predicted octanol–water partition coefficient (Wildman–Crippen LogP) is 2.74. The Morgan fingerprint density at radius 2 is 1.89 bits per heavy atom. The van der Waals surface area contributed by atoms with Crippen molar-refractivity contribution in [3.8, 4) is 0 Å². The van der Waals surface area contributed by atoms with E-state index in [2.05, 4.69) is 5.32 Å². The molecule has 1 aromatic rings. The molecule has 0 saturated carbocycles. The number of hydrogen-bond acceptors (Lipinski definition) is 2. The first-order valence-electron chi connectivity index (χ1n) is 5.55. The van der Waals surface area contributed by atoms with E-state index in [1.165, 1.54) is 0 Å². The maximum Gasteiger partial charge on any atom is 0.403 e. The maximum atomic E-state index is 12.3. The average molecular weight is 296 g/mol.